The number of carbonyl (C=O) groups excluding carboxylic acids is 2. The van der Waals surface area contributed by atoms with Crippen LogP contribution < -0.4 is 10.6 Å². The van der Waals surface area contributed by atoms with Crippen molar-refractivity contribution in [2.24, 2.45) is 0 Å². The largest absolute Gasteiger partial charge is 0.352 e. The van der Waals surface area contributed by atoms with Gasteiger partial charge < -0.3 is 10.6 Å². The zero-order chi connectivity index (χ0) is 17.1. The van der Waals surface area contributed by atoms with Crippen LogP contribution in [0, 0.1) is 6.92 Å². The highest BCUT2D eigenvalue weighted by molar-refractivity contribution is 7.04. The van der Waals surface area contributed by atoms with E-state index in [1.54, 1.807) is 18.4 Å². The molecule has 122 valence electrons. The van der Waals surface area contributed by atoms with Gasteiger partial charge in [0.15, 0.2) is 0 Å². The standard InChI is InChI=1S/C17H16N4O2S/c1-3-18-16(22)12-8-15(19-14-7-5-4-6-11(12)14)20-17(23)13-9-24-21-10(13)2/h4-9H,3H2,1-2H3,(H,18,22)(H,19,20,23). The third kappa shape index (κ3) is 3.11. The van der Waals surface area contributed by atoms with Crippen molar-refractivity contribution in [3.05, 3.63) is 52.5 Å². The normalized spacial score (nSPS) is 10.6. The molecule has 6 nitrogen and oxygen atoms in total. The van der Waals surface area contributed by atoms with Crippen molar-refractivity contribution < 1.29 is 9.59 Å². The Morgan fingerprint density at radius 1 is 1.17 bits per heavy atom. The predicted molar refractivity (Wildman–Crippen MR) is 94.6 cm³/mol. The van der Waals surface area contributed by atoms with E-state index in [9.17, 15) is 9.59 Å². The third-order valence-electron chi connectivity index (χ3n) is 3.53. The van der Waals surface area contributed by atoms with Crippen LogP contribution in [0.5, 0.6) is 0 Å². The molecule has 0 aliphatic carbocycles. The second-order valence-electron chi connectivity index (χ2n) is 5.20. The zero-order valence-electron chi connectivity index (χ0n) is 13.3. The summed E-state index contributed by atoms with van der Waals surface area (Å²) in [7, 11) is 0. The summed E-state index contributed by atoms with van der Waals surface area (Å²) >= 11 is 1.23. The highest BCUT2D eigenvalue weighted by Crippen LogP contribution is 2.21. The van der Waals surface area contributed by atoms with Crippen molar-refractivity contribution >= 4 is 40.1 Å². The molecule has 0 spiro atoms. The van der Waals surface area contributed by atoms with Crippen LogP contribution in [0.15, 0.2) is 35.7 Å². The average Bonchev–Trinajstić information content (AvgIpc) is 3.00. The summed E-state index contributed by atoms with van der Waals surface area (Å²) in [5, 5.41) is 7.97. The average molecular weight is 340 g/mol. The van der Waals surface area contributed by atoms with Crippen molar-refractivity contribution in [1.29, 1.82) is 0 Å². The molecule has 0 radical (unpaired) electrons. The smallest absolute Gasteiger partial charge is 0.259 e. The van der Waals surface area contributed by atoms with E-state index in [-0.39, 0.29) is 11.8 Å². The van der Waals surface area contributed by atoms with E-state index >= 15 is 0 Å². The first-order valence-electron chi connectivity index (χ1n) is 7.50. The molecule has 1 aromatic carbocycles. The van der Waals surface area contributed by atoms with Gasteiger partial charge in [0, 0.05) is 17.3 Å². The Bertz CT molecular complexity index is 920. The molecule has 0 saturated heterocycles. The minimum atomic E-state index is -0.286. The Labute approximate surface area is 143 Å². The van der Waals surface area contributed by atoms with Crippen molar-refractivity contribution in [1.82, 2.24) is 14.7 Å². The van der Waals surface area contributed by atoms with Crippen LogP contribution in [0.1, 0.15) is 33.3 Å². The Hall–Kier alpha value is -2.80. The molecule has 7 heteroatoms. The molecule has 0 unspecified atom stereocenters. The molecule has 0 atom stereocenters. The van der Waals surface area contributed by atoms with Gasteiger partial charge in [0.05, 0.1) is 22.3 Å². The molecule has 2 aromatic heterocycles. The van der Waals surface area contributed by atoms with Gasteiger partial charge in [0.25, 0.3) is 11.8 Å². The van der Waals surface area contributed by atoms with E-state index in [0.29, 0.717) is 34.7 Å². The van der Waals surface area contributed by atoms with Gasteiger partial charge in [-0.05, 0) is 37.5 Å². The number of rotatable bonds is 4. The number of carbonyl (C=O) groups is 2. The van der Waals surface area contributed by atoms with Crippen molar-refractivity contribution in [3.63, 3.8) is 0 Å². The number of hydrogen-bond acceptors (Lipinski definition) is 5. The molecule has 0 aliphatic rings. The lowest BCUT2D eigenvalue weighted by atomic mass is 10.1. The monoisotopic (exact) mass is 340 g/mol. The molecular formula is C17H16N4O2S. The van der Waals surface area contributed by atoms with Crippen molar-refractivity contribution in [2.75, 3.05) is 11.9 Å². The fourth-order valence-corrected chi connectivity index (χ4v) is 3.07. The molecular weight excluding hydrogens is 324 g/mol. The van der Waals surface area contributed by atoms with E-state index in [2.05, 4.69) is 20.0 Å². The number of aryl methyl sites for hydroxylation is 1. The molecule has 2 heterocycles. The summed E-state index contributed by atoms with van der Waals surface area (Å²) in [6.07, 6.45) is 0. The highest BCUT2D eigenvalue weighted by Gasteiger charge is 2.16. The van der Waals surface area contributed by atoms with E-state index < -0.39 is 0 Å². The van der Waals surface area contributed by atoms with E-state index in [1.165, 1.54) is 11.5 Å². The summed E-state index contributed by atoms with van der Waals surface area (Å²) in [6, 6.07) is 8.94. The summed E-state index contributed by atoms with van der Waals surface area (Å²) < 4.78 is 4.10. The minimum Gasteiger partial charge on any atom is -0.352 e. The molecule has 3 aromatic rings. The number of fused-ring (bicyclic) bond motifs is 1. The number of nitrogens with one attached hydrogen (secondary N) is 2. The fraction of sp³-hybridized carbons (Fsp3) is 0.176. The van der Waals surface area contributed by atoms with E-state index in [1.807, 2.05) is 31.2 Å². The molecule has 24 heavy (non-hydrogen) atoms. The lowest BCUT2D eigenvalue weighted by molar-refractivity contribution is 0.0955. The topological polar surface area (TPSA) is 84.0 Å². The Balaban J connectivity index is 2.01. The summed E-state index contributed by atoms with van der Waals surface area (Å²) in [6.45, 7) is 4.16. The maximum atomic E-state index is 12.4. The van der Waals surface area contributed by atoms with Crippen LogP contribution in [0.2, 0.25) is 0 Å². The number of benzene rings is 1. The van der Waals surface area contributed by atoms with Gasteiger partial charge in [0.1, 0.15) is 5.82 Å². The number of para-hydroxylation sites is 1. The van der Waals surface area contributed by atoms with Crippen LogP contribution in [0.25, 0.3) is 10.9 Å². The number of anilines is 1. The first-order chi connectivity index (χ1) is 11.6. The van der Waals surface area contributed by atoms with Crippen LogP contribution >= 0.6 is 11.5 Å². The molecule has 3 rings (SSSR count). The molecule has 0 aliphatic heterocycles. The predicted octanol–water partition coefficient (Wildman–Crippen LogP) is 3.00. The SMILES string of the molecule is CCNC(=O)c1cc(NC(=O)c2csnc2C)nc2ccccc12. The molecule has 0 bridgehead atoms. The summed E-state index contributed by atoms with van der Waals surface area (Å²) in [4.78, 5) is 29.1. The molecule has 2 amide bonds. The third-order valence-corrected chi connectivity index (χ3v) is 4.25. The summed E-state index contributed by atoms with van der Waals surface area (Å²) in [5.74, 6) is -0.142. The van der Waals surface area contributed by atoms with Gasteiger partial charge in [-0.1, -0.05) is 18.2 Å². The first kappa shape index (κ1) is 16.1. The number of aromatic nitrogens is 2. The number of nitrogens with zero attached hydrogens (tertiary/aromatic N) is 2. The van der Waals surface area contributed by atoms with Crippen molar-refractivity contribution in [2.45, 2.75) is 13.8 Å². The lowest BCUT2D eigenvalue weighted by Gasteiger charge is -2.10. The maximum Gasteiger partial charge on any atom is 0.259 e. The maximum absolute atomic E-state index is 12.4. The second-order valence-corrected chi connectivity index (χ2v) is 5.83. The number of amides is 2. The van der Waals surface area contributed by atoms with Crippen LogP contribution in [-0.2, 0) is 0 Å². The lowest BCUT2D eigenvalue weighted by Crippen LogP contribution is -2.23. The fourth-order valence-electron chi connectivity index (χ4n) is 2.38. The van der Waals surface area contributed by atoms with Gasteiger partial charge in [-0.25, -0.2) is 4.98 Å². The quantitative estimate of drug-likeness (QED) is 0.765. The van der Waals surface area contributed by atoms with Crippen LogP contribution in [0.4, 0.5) is 5.82 Å². The Kier molecular flexibility index (Phi) is 4.52. The number of hydrogen-bond donors (Lipinski definition) is 2. The van der Waals surface area contributed by atoms with Crippen molar-refractivity contribution in [3.8, 4) is 0 Å². The van der Waals surface area contributed by atoms with Gasteiger partial charge in [-0.2, -0.15) is 4.37 Å². The summed E-state index contributed by atoms with van der Waals surface area (Å²) in [5.41, 5.74) is 2.31. The molecule has 2 N–H and O–H groups in total. The van der Waals surface area contributed by atoms with Gasteiger partial charge in [-0.3, -0.25) is 9.59 Å². The Morgan fingerprint density at radius 3 is 2.67 bits per heavy atom. The van der Waals surface area contributed by atoms with Gasteiger partial charge >= 0.3 is 0 Å². The van der Waals surface area contributed by atoms with Gasteiger partial charge in [-0.15, -0.1) is 0 Å². The number of pyridine rings is 1. The van der Waals surface area contributed by atoms with Crippen LogP contribution in [0.3, 0.4) is 0 Å². The van der Waals surface area contributed by atoms with Crippen LogP contribution in [-0.4, -0.2) is 27.7 Å². The van der Waals surface area contributed by atoms with E-state index in [4.69, 9.17) is 0 Å². The minimum absolute atomic E-state index is 0.194. The Morgan fingerprint density at radius 2 is 1.96 bits per heavy atom. The van der Waals surface area contributed by atoms with Gasteiger partial charge in [0.2, 0.25) is 0 Å². The second kappa shape index (κ2) is 6.76. The first-order valence-corrected chi connectivity index (χ1v) is 8.34. The highest BCUT2D eigenvalue weighted by atomic mass is 32.1. The molecule has 0 saturated carbocycles. The zero-order valence-corrected chi connectivity index (χ0v) is 14.1. The molecule has 0 fully saturated rings. The van der Waals surface area contributed by atoms with E-state index in [0.717, 1.165) is 5.39 Å².